The number of aryl methyl sites for hydroxylation is 1. The number of anilines is 4. The first kappa shape index (κ1) is 28.6. The standard InChI is InChI=1S/C30H32FN9O2/c1-17-10-24(22(31)13-27(17)42-19-6-7-23(33-3)25(11-19)38-32)37-29-21-12-28(34-14-26(21)35-16-36-29)40-15-18(2)20(30(40)41)8-9-39(4)5/h6-8,10-14,16,18,32-33H,9,15H2,1-5H3,(H,35,36,37)/b20-8+,38-32?. The zero-order chi connectivity index (χ0) is 30.0. The van der Waals surface area contributed by atoms with Gasteiger partial charge in [-0.1, -0.05) is 13.0 Å². The van der Waals surface area contributed by atoms with E-state index in [4.69, 9.17) is 10.3 Å². The zero-order valence-corrected chi connectivity index (χ0v) is 24.1. The maximum atomic E-state index is 15.4. The molecule has 2 aromatic carbocycles. The first-order valence-corrected chi connectivity index (χ1v) is 13.4. The van der Waals surface area contributed by atoms with E-state index in [-0.39, 0.29) is 17.5 Å². The van der Waals surface area contributed by atoms with Gasteiger partial charge in [-0.25, -0.2) is 24.9 Å². The number of halogens is 1. The number of fused-ring (bicyclic) bond motifs is 1. The lowest BCUT2D eigenvalue weighted by molar-refractivity contribution is -0.114. The number of hydrogen-bond acceptors (Lipinski definition) is 10. The molecule has 0 radical (unpaired) electrons. The van der Waals surface area contributed by atoms with E-state index >= 15 is 4.39 Å². The predicted octanol–water partition coefficient (Wildman–Crippen LogP) is 6.18. The molecule has 12 heteroatoms. The van der Waals surface area contributed by atoms with Crippen LogP contribution in [0.2, 0.25) is 0 Å². The van der Waals surface area contributed by atoms with Crippen molar-refractivity contribution in [3.8, 4) is 11.5 Å². The number of rotatable bonds is 9. The molecule has 1 unspecified atom stereocenters. The molecule has 1 aliphatic heterocycles. The van der Waals surface area contributed by atoms with Crippen LogP contribution in [0.5, 0.6) is 11.5 Å². The van der Waals surface area contributed by atoms with E-state index in [1.54, 1.807) is 55.4 Å². The van der Waals surface area contributed by atoms with Crippen molar-refractivity contribution in [2.45, 2.75) is 13.8 Å². The molecular formula is C30H32FN9O2. The molecule has 1 fully saturated rings. The van der Waals surface area contributed by atoms with Gasteiger partial charge in [0.2, 0.25) is 0 Å². The third-order valence-electron chi connectivity index (χ3n) is 7.04. The first-order valence-electron chi connectivity index (χ1n) is 13.4. The van der Waals surface area contributed by atoms with Crippen molar-refractivity contribution < 1.29 is 13.9 Å². The lowest BCUT2D eigenvalue weighted by atomic mass is 10.0. The van der Waals surface area contributed by atoms with E-state index in [0.717, 1.165) is 5.57 Å². The van der Waals surface area contributed by atoms with Crippen LogP contribution in [0.3, 0.4) is 0 Å². The molecule has 1 saturated heterocycles. The van der Waals surface area contributed by atoms with Crippen molar-refractivity contribution in [3.63, 3.8) is 0 Å². The highest BCUT2D eigenvalue weighted by molar-refractivity contribution is 6.09. The van der Waals surface area contributed by atoms with E-state index in [1.807, 2.05) is 32.0 Å². The number of nitrogens with one attached hydrogen (secondary N) is 3. The van der Waals surface area contributed by atoms with Crippen LogP contribution >= 0.6 is 0 Å². The highest BCUT2D eigenvalue weighted by Gasteiger charge is 2.34. The molecule has 0 aliphatic carbocycles. The number of nitrogens with zero attached hydrogens (tertiary/aromatic N) is 6. The van der Waals surface area contributed by atoms with Crippen molar-refractivity contribution in [2.24, 2.45) is 11.0 Å². The molecule has 216 valence electrons. The van der Waals surface area contributed by atoms with Crippen LogP contribution in [-0.2, 0) is 4.79 Å². The van der Waals surface area contributed by atoms with E-state index < -0.39 is 5.82 Å². The molecule has 5 rings (SSSR count). The summed E-state index contributed by atoms with van der Waals surface area (Å²) >= 11 is 0. The quantitative estimate of drug-likeness (QED) is 0.161. The minimum absolute atomic E-state index is 0.0616. The minimum Gasteiger partial charge on any atom is -0.457 e. The third kappa shape index (κ3) is 5.75. The Morgan fingerprint density at radius 1 is 1.19 bits per heavy atom. The van der Waals surface area contributed by atoms with Crippen molar-refractivity contribution in [1.82, 2.24) is 19.9 Å². The van der Waals surface area contributed by atoms with Crippen molar-refractivity contribution >= 4 is 45.5 Å². The van der Waals surface area contributed by atoms with Crippen LogP contribution in [-0.4, -0.2) is 60.0 Å². The lowest BCUT2D eigenvalue weighted by Crippen LogP contribution is -2.26. The van der Waals surface area contributed by atoms with Gasteiger partial charge < -0.3 is 20.3 Å². The van der Waals surface area contributed by atoms with Crippen LogP contribution in [0.15, 0.2) is 65.7 Å². The van der Waals surface area contributed by atoms with E-state index in [0.29, 0.717) is 64.1 Å². The van der Waals surface area contributed by atoms with E-state index in [2.05, 4.69) is 30.7 Å². The SMILES string of the molecule is CNc1ccc(Oc2cc(F)c(Nc3ncnc4cnc(N5CC(C)/C(=C\CN(C)C)C5=O)cc34)cc2C)cc1N=N. The number of carbonyl (C=O) groups excluding carboxylic acids is 1. The third-order valence-corrected chi connectivity index (χ3v) is 7.04. The normalized spacial score (nSPS) is 16.0. The zero-order valence-electron chi connectivity index (χ0n) is 24.1. The fourth-order valence-corrected chi connectivity index (χ4v) is 4.79. The van der Waals surface area contributed by atoms with Crippen LogP contribution in [0.4, 0.5) is 33.1 Å². The Balaban J connectivity index is 1.42. The van der Waals surface area contributed by atoms with Crippen LogP contribution in [0, 0.1) is 24.2 Å². The monoisotopic (exact) mass is 569 g/mol. The molecule has 1 atom stereocenters. The van der Waals surface area contributed by atoms with Crippen LogP contribution in [0.25, 0.3) is 10.9 Å². The average molecular weight is 570 g/mol. The highest BCUT2D eigenvalue weighted by atomic mass is 19.1. The van der Waals surface area contributed by atoms with Gasteiger partial charge in [0.25, 0.3) is 5.91 Å². The molecule has 42 heavy (non-hydrogen) atoms. The molecule has 3 N–H and O–H groups in total. The summed E-state index contributed by atoms with van der Waals surface area (Å²) in [5, 5.41) is 10.1. The maximum Gasteiger partial charge on any atom is 0.255 e. The second-order valence-corrected chi connectivity index (χ2v) is 10.4. The van der Waals surface area contributed by atoms with Gasteiger partial charge in [-0.05, 0) is 50.8 Å². The van der Waals surface area contributed by atoms with Crippen LogP contribution in [0.1, 0.15) is 12.5 Å². The summed E-state index contributed by atoms with van der Waals surface area (Å²) < 4.78 is 21.3. The second kappa shape index (κ2) is 11.9. The van der Waals surface area contributed by atoms with Crippen molar-refractivity contribution in [3.05, 3.63) is 72.0 Å². The number of amides is 1. The van der Waals surface area contributed by atoms with Crippen molar-refractivity contribution in [2.75, 3.05) is 49.8 Å². The highest BCUT2D eigenvalue weighted by Crippen LogP contribution is 2.36. The summed E-state index contributed by atoms with van der Waals surface area (Å²) in [6, 6.07) is 9.74. The Morgan fingerprint density at radius 2 is 2.00 bits per heavy atom. The smallest absolute Gasteiger partial charge is 0.255 e. The molecule has 1 aliphatic rings. The predicted molar refractivity (Wildman–Crippen MR) is 161 cm³/mol. The summed E-state index contributed by atoms with van der Waals surface area (Å²) in [5.41, 5.74) is 10.7. The van der Waals surface area contributed by atoms with E-state index in [1.165, 1.54) is 12.4 Å². The number of benzene rings is 2. The molecule has 0 bridgehead atoms. The molecule has 2 aromatic heterocycles. The number of pyridine rings is 1. The fourth-order valence-electron chi connectivity index (χ4n) is 4.79. The van der Waals surface area contributed by atoms with Gasteiger partial charge in [0.05, 0.1) is 23.1 Å². The molecule has 0 saturated carbocycles. The topological polar surface area (TPSA) is 132 Å². The summed E-state index contributed by atoms with van der Waals surface area (Å²) in [7, 11) is 5.65. The number of carbonyl (C=O) groups is 1. The lowest BCUT2D eigenvalue weighted by Gasteiger charge is -2.17. The Bertz CT molecular complexity index is 1710. The summed E-state index contributed by atoms with van der Waals surface area (Å²) in [6.07, 6.45) is 4.93. The van der Waals surface area contributed by atoms with Gasteiger partial charge in [0, 0.05) is 49.1 Å². The largest absolute Gasteiger partial charge is 0.457 e. The first-order chi connectivity index (χ1) is 20.2. The van der Waals surface area contributed by atoms with Gasteiger partial charge in [0.1, 0.15) is 41.0 Å². The summed E-state index contributed by atoms with van der Waals surface area (Å²) in [5.74, 6) is 1.04. The Hall–Kier alpha value is -4.97. The van der Waals surface area contributed by atoms with Gasteiger partial charge >= 0.3 is 0 Å². The Kier molecular flexibility index (Phi) is 8.07. The maximum absolute atomic E-state index is 15.4. The van der Waals surface area contributed by atoms with Gasteiger partial charge in [0.15, 0.2) is 0 Å². The Labute approximate surface area is 243 Å². The molecule has 3 heterocycles. The average Bonchev–Trinajstić information content (AvgIpc) is 3.26. The molecular weight excluding hydrogens is 537 g/mol. The number of aromatic nitrogens is 3. The minimum atomic E-state index is -0.548. The number of hydrogen-bond donors (Lipinski definition) is 3. The molecule has 4 aromatic rings. The molecule has 11 nitrogen and oxygen atoms in total. The molecule has 0 spiro atoms. The second-order valence-electron chi connectivity index (χ2n) is 10.4. The van der Waals surface area contributed by atoms with E-state index in [9.17, 15) is 4.79 Å². The molecule has 1 amide bonds. The summed E-state index contributed by atoms with van der Waals surface area (Å²) in [6.45, 7) is 5.01. The van der Waals surface area contributed by atoms with Gasteiger partial charge in [-0.2, -0.15) is 5.11 Å². The van der Waals surface area contributed by atoms with Crippen molar-refractivity contribution in [1.29, 1.82) is 5.53 Å². The number of likely N-dealkylation sites (N-methyl/N-ethyl adjacent to an activating group) is 1. The van der Waals surface area contributed by atoms with Gasteiger partial charge in [-0.15, -0.1) is 0 Å². The van der Waals surface area contributed by atoms with Gasteiger partial charge in [-0.3, -0.25) is 9.69 Å². The Morgan fingerprint density at radius 3 is 2.74 bits per heavy atom. The summed E-state index contributed by atoms with van der Waals surface area (Å²) in [4.78, 5) is 30.0. The fraction of sp³-hybridized carbons (Fsp3) is 0.267. The number of ether oxygens (including phenoxy) is 1. The van der Waals surface area contributed by atoms with Crippen LogP contribution < -0.4 is 20.3 Å².